The Bertz CT molecular complexity index is 4240. The summed E-state index contributed by atoms with van der Waals surface area (Å²) >= 11 is 0. The van der Waals surface area contributed by atoms with E-state index in [4.69, 9.17) is 16.2 Å². The van der Waals surface area contributed by atoms with E-state index >= 15 is 8.78 Å². The number of carbonyl (C=O) groups is 13. The molecular formula is C76H94F2N14O18. The molecule has 0 saturated heterocycles. The van der Waals surface area contributed by atoms with Crippen molar-refractivity contribution >= 4 is 76.9 Å². The number of aromatic nitrogens is 2. The molecule has 0 aliphatic carbocycles. The Morgan fingerprint density at radius 1 is 0.591 bits per heavy atom. The number of methoxy groups -OCH3 is 1. The van der Waals surface area contributed by atoms with E-state index in [1.807, 2.05) is 62.4 Å². The van der Waals surface area contributed by atoms with Crippen molar-refractivity contribution in [1.82, 2.24) is 63.1 Å². The summed E-state index contributed by atoms with van der Waals surface area (Å²) in [7, 11) is 1.54. The monoisotopic (exact) mass is 1530 g/mol. The number of nitrogens with zero attached hydrogens (tertiary/aromatic N) is 1. The number of aromatic amines is 1. The van der Waals surface area contributed by atoms with E-state index in [-0.39, 0.29) is 32.1 Å². The zero-order valence-electron chi connectivity index (χ0n) is 61.7. The minimum absolute atomic E-state index is 0.000779. The largest absolute Gasteiger partial charge is 0.497 e. The minimum atomic E-state index is -2.16. The van der Waals surface area contributed by atoms with Crippen LogP contribution >= 0.6 is 0 Å². The Kier molecular flexibility index (Phi) is 32.6. The number of benzene rings is 5. The van der Waals surface area contributed by atoms with Gasteiger partial charge < -0.3 is 94.8 Å². The molecule has 6 rings (SSSR count). The zero-order valence-corrected chi connectivity index (χ0v) is 61.7. The lowest BCUT2D eigenvalue weighted by Gasteiger charge is -2.29. The van der Waals surface area contributed by atoms with Crippen molar-refractivity contribution in [2.75, 3.05) is 20.3 Å². The molecular weight excluding hydrogens is 1430 g/mol. The van der Waals surface area contributed by atoms with Crippen molar-refractivity contribution in [2.24, 2.45) is 11.5 Å². The summed E-state index contributed by atoms with van der Waals surface area (Å²) < 4.78 is 36.2. The van der Waals surface area contributed by atoms with Crippen molar-refractivity contribution < 1.29 is 96.3 Å². The SMILES string of the molecule is CCCC[C@H](NC(=O)CNC(=O)[C@H](CC(=O)O)NC(=O)C(C)(C)NC(=O)[C@@H](N)Cc1cnc[nH]1)C(=O)N[C@@H](Cc1c(F)cccc1F)C(=O)N[C@H](C(=O)N[C@@H](CO)C(=O)N[C@@H](CC(=O)O)C(=O)N[C@@H](Cc1ccc(-c2ccc(OC)cc2CC)cc1)C(=O)N[C@@H](Cc1ccc(-c2ccccc2C)cc1)C(N)=O)[C@@H](C)O. The van der Waals surface area contributed by atoms with Crippen LogP contribution in [0.5, 0.6) is 5.75 Å². The van der Waals surface area contributed by atoms with Gasteiger partial charge in [0, 0.05) is 43.1 Å². The van der Waals surface area contributed by atoms with Crippen LogP contribution in [-0.2, 0) is 94.4 Å². The number of aryl methyl sites for hydroxylation is 2. The number of ether oxygens (including phenoxy) is 1. The van der Waals surface area contributed by atoms with Crippen LogP contribution in [0, 0.1) is 18.6 Å². The van der Waals surface area contributed by atoms with E-state index in [1.54, 1.807) is 56.5 Å². The molecule has 0 aliphatic heterocycles. The lowest BCUT2D eigenvalue weighted by Crippen LogP contribution is -2.62. The van der Waals surface area contributed by atoms with Crippen LogP contribution in [0.1, 0.15) is 100 Å². The molecule has 0 spiro atoms. The number of unbranched alkanes of at least 4 members (excludes halogenated alkanes) is 1. The number of hydrogen-bond donors (Lipinski definition) is 17. The Hall–Kier alpha value is -12.0. The van der Waals surface area contributed by atoms with Crippen molar-refractivity contribution in [3.05, 3.63) is 167 Å². The molecule has 110 heavy (non-hydrogen) atoms. The zero-order chi connectivity index (χ0) is 81.1. The lowest BCUT2D eigenvalue weighted by molar-refractivity contribution is -0.142. The summed E-state index contributed by atoms with van der Waals surface area (Å²) in [6, 6.07) is 13.9. The summed E-state index contributed by atoms with van der Waals surface area (Å²) in [6.07, 6.45) is -1.70. The van der Waals surface area contributed by atoms with Gasteiger partial charge in [-0.1, -0.05) is 112 Å². The molecule has 34 heteroatoms. The molecule has 1 aromatic heterocycles. The molecule has 0 aliphatic rings. The number of carboxylic acid groups (broad SMARTS) is 2. The number of carbonyl (C=O) groups excluding carboxylic acids is 11. The maximum atomic E-state index is 15.4. The van der Waals surface area contributed by atoms with Gasteiger partial charge in [-0.3, -0.25) is 62.3 Å². The molecule has 32 nitrogen and oxygen atoms in total. The first-order chi connectivity index (χ1) is 52.1. The predicted molar refractivity (Wildman–Crippen MR) is 395 cm³/mol. The molecule has 5 aromatic carbocycles. The quantitative estimate of drug-likeness (QED) is 0.0246. The molecule has 19 N–H and O–H groups in total. The van der Waals surface area contributed by atoms with Gasteiger partial charge in [0.15, 0.2) is 0 Å². The molecule has 6 aromatic rings. The Morgan fingerprint density at radius 3 is 1.66 bits per heavy atom. The van der Waals surface area contributed by atoms with Crippen molar-refractivity contribution in [3.63, 3.8) is 0 Å². The third kappa shape index (κ3) is 25.8. The average Bonchev–Trinajstić information content (AvgIpc) is 0.872. The Morgan fingerprint density at radius 2 is 1.12 bits per heavy atom. The highest BCUT2D eigenvalue weighted by Crippen LogP contribution is 2.29. The Labute approximate surface area is 632 Å². The maximum absolute atomic E-state index is 15.4. The van der Waals surface area contributed by atoms with Gasteiger partial charge in [-0.15, -0.1) is 0 Å². The van der Waals surface area contributed by atoms with Gasteiger partial charge in [0.2, 0.25) is 65.0 Å². The van der Waals surface area contributed by atoms with Crippen molar-refractivity contribution in [2.45, 2.75) is 172 Å². The van der Waals surface area contributed by atoms with Crippen LogP contribution < -0.4 is 69.4 Å². The molecule has 11 amide bonds. The van der Waals surface area contributed by atoms with E-state index < -0.39 is 193 Å². The van der Waals surface area contributed by atoms with Gasteiger partial charge in [0.25, 0.3) is 0 Å². The Balaban J connectivity index is 1.18. The maximum Gasteiger partial charge on any atom is 0.305 e. The molecule has 0 saturated carbocycles. The van der Waals surface area contributed by atoms with E-state index in [9.17, 15) is 82.8 Å². The third-order valence-electron chi connectivity index (χ3n) is 17.8. The fraction of sp³-hybridized carbons (Fsp3) is 0.395. The van der Waals surface area contributed by atoms with E-state index in [0.717, 1.165) is 58.5 Å². The highest BCUT2D eigenvalue weighted by molar-refractivity contribution is 6.00. The standard InChI is InChI=1S/C76H94F2N14O18/c1-8-10-18-55(84-62(95)37-82-68(102)59(34-63(96)97)90-75(109)76(5,6)92-67(101)54(79)32-47-36-81-39-83-47)69(103)87-58(33-51-52(77)16-13-17-53(51)78)72(106)91-65(41(4)94)74(108)89-61(38-93)73(107)88-60(35-64(98)99)71(105)86-57(30-43-21-25-46(26-22-43)50-28-27-48(110-7)31-44(50)9-2)70(104)85-56(66(80)100)29-42-19-23-45(24-20-42)49-15-12-11-14-40(49)3/h11-17,19-28,31,36,39,41,54-61,65,93-94H,8-10,18,29-30,32-35,37-38,79H2,1-7H3,(H2,80,100)(H,81,83)(H,82,102)(H,84,95)(H,85,104)(H,86,105)(H,87,103)(H,88,107)(H,89,108)(H,90,109)(H,91,106)(H,92,101)(H,96,97)(H,98,99)/t41-,54+,55+,56+,57+,58+,59+,60+,61+,65+/m1/s1. The number of H-pyrrole nitrogens is 1. The molecule has 590 valence electrons. The summed E-state index contributed by atoms with van der Waals surface area (Å²) in [5, 5.41) is 64.3. The number of amides is 11. The molecule has 0 unspecified atom stereocenters. The van der Waals surface area contributed by atoms with Crippen LogP contribution in [0.25, 0.3) is 22.3 Å². The van der Waals surface area contributed by atoms with Crippen LogP contribution in [0.4, 0.5) is 8.78 Å². The summed E-state index contributed by atoms with van der Waals surface area (Å²) in [6.45, 7) is 6.84. The predicted octanol–water partition coefficient (Wildman–Crippen LogP) is 0.387. The highest BCUT2D eigenvalue weighted by atomic mass is 19.1. The number of rotatable bonds is 42. The second kappa shape index (κ2) is 41.3. The van der Waals surface area contributed by atoms with Crippen LogP contribution in [0.15, 0.2) is 122 Å². The van der Waals surface area contributed by atoms with Gasteiger partial charge in [0.1, 0.15) is 71.3 Å². The number of aliphatic carboxylic acids is 2. The molecule has 10 atom stereocenters. The van der Waals surface area contributed by atoms with Crippen LogP contribution in [0.2, 0.25) is 0 Å². The summed E-state index contributed by atoms with van der Waals surface area (Å²) in [4.78, 5) is 183. The van der Waals surface area contributed by atoms with Gasteiger partial charge in [-0.25, -0.2) is 13.8 Å². The first kappa shape index (κ1) is 86.9. The second-order valence-electron chi connectivity index (χ2n) is 26.7. The number of imidazole rings is 1. The summed E-state index contributed by atoms with van der Waals surface area (Å²) in [5.41, 5.74) is 16.3. The number of aliphatic hydroxyl groups is 2. The number of aliphatic hydroxyl groups excluding tert-OH is 2. The molecule has 0 fully saturated rings. The minimum Gasteiger partial charge on any atom is -0.497 e. The summed E-state index contributed by atoms with van der Waals surface area (Å²) in [5.74, 6) is -17.8. The normalized spacial score (nSPS) is 13.9. The smallest absolute Gasteiger partial charge is 0.305 e. The van der Waals surface area contributed by atoms with Gasteiger partial charge in [-0.2, -0.15) is 0 Å². The second-order valence-corrected chi connectivity index (χ2v) is 26.7. The molecule has 1 heterocycles. The highest BCUT2D eigenvalue weighted by Gasteiger charge is 2.39. The third-order valence-corrected chi connectivity index (χ3v) is 17.8. The molecule has 0 radical (unpaired) electrons. The van der Waals surface area contributed by atoms with E-state index in [0.29, 0.717) is 35.4 Å². The van der Waals surface area contributed by atoms with Crippen LogP contribution in [-0.4, -0.2) is 194 Å². The number of halogens is 2. The average molecular weight is 1530 g/mol. The fourth-order valence-electron chi connectivity index (χ4n) is 11.6. The van der Waals surface area contributed by atoms with Gasteiger partial charge >= 0.3 is 11.9 Å². The van der Waals surface area contributed by atoms with E-state index in [2.05, 4.69) is 63.1 Å². The van der Waals surface area contributed by atoms with Crippen molar-refractivity contribution in [1.29, 1.82) is 0 Å². The van der Waals surface area contributed by atoms with E-state index in [1.165, 1.54) is 26.4 Å². The topological polar surface area (TPSA) is 513 Å². The first-order valence-electron chi connectivity index (χ1n) is 35.3. The van der Waals surface area contributed by atoms with Crippen molar-refractivity contribution in [3.8, 4) is 28.0 Å². The number of nitrogens with two attached hydrogens (primary N) is 2. The number of hydrogen-bond acceptors (Lipinski definition) is 18. The van der Waals surface area contributed by atoms with Gasteiger partial charge in [-0.05, 0) is 109 Å². The first-order valence-corrected chi connectivity index (χ1v) is 35.3. The van der Waals surface area contributed by atoms with Crippen LogP contribution in [0.3, 0.4) is 0 Å². The lowest BCUT2D eigenvalue weighted by atomic mass is 9.95. The number of nitrogens with one attached hydrogen (secondary N) is 11. The number of primary amides is 1. The molecule has 0 bridgehead atoms. The van der Waals surface area contributed by atoms with Gasteiger partial charge in [0.05, 0.1) is 51.6 Å². The fourth-order valence-corrected chi connectivity index (χ4v) is 11.6. The number of carboxylic acids is 2.